The first-order valence-electron chi connectivity index (χ1n) is 7.03. The predicted octanol–water partition coefficient (Wildman–Crippen LogP) is 3.60. The molecule has 0 aromatic heterocycles. The van der Waals surface area contributed by atoms with Gasteiger partial charge in [-0.25, -0.2) is 0 Å². The highest BCUT2D eigenvalue weighted by Gasteiger charge is 2.36. The maximum Gasteiger partial charge on any atom is 0.254 e. The van der Waals surface area contributed by atoms with E-state index in [0.717, 1.165) is 16.7 Å². The Bertz CT molecular complexity index is 648. The molecule has 0 saturated heterocycles. The molecule has 1 heterocycles. The number of carbonyl (C=O) groups excluding carboxylic acids is 1. The molecule has 2 nitrogen and oxygen atoms in total. The number of hydrogen-bond acceptors (Lipinski definition) is 1. The van der Waals surface area contributed by atoms with Crippen molar-refractivity contribution in [3.05, 3.63) is 70.8 Å². The van der Waals surface area contributed by atoms with E-state index in [9.17, 15) is 4.79 Å². The van der Waals surface area contributed by atoms with Gasteiger partial charge in [-0.2, -0.15) is 0 Å². The fourth-order valence-corrected chi connectivity index (χ4v) is 3.20. The lowest BCUT2D eigenvalue weighted by Gasteiger charge is -2.39. The van der Waals surface area contributed by atoms with Crippen molar-refractivity contribution in [2.45, 2.75) is 25.8 Å². The molecule has 0 bridgehead atoms. The quantitative estimate of drug-likeness (QED) is 0.771. The third-order valence-corrected chi connectivity index (χ3v) is 4.43. The zero-order valence-corrected chi connectivity index (χ0v) is 12.1. The zero-order valence-electron chi connectivity index (χ0n) is 12.1. The van der Waals surface area contributed by atoms with Gasteiger partial charge >= 0.3 is 0 Å². The first-order valence-corrected chi connectivity index (χ1v) is 7.03. The van der Waals surface area contributed by atoms with Crippen molar-refractivity contribution in [1.82, 2.24) is 4.90 Å². The van der Waals surface area contributed by atoms with Crippen LogP contribution in [0.2, 0.25) is 0 Å². The van der Waals surface area contributed by atoms with Crippen LogP contribution in [0, 0.1) is 6.92 Å². The summed E-state index contributed by atoms with van der Waals surface area (Å²) < 4.78 is 0. The molecule has 2 atom stereocenters. The Morgan fingerprint density at radius 3 is 2.40 bits per heavy atom. The number of nitrogens with zero attached hydrogens (tertiary/aromatic N) is 1. The lowest BCUT2D eigenvalue weighted by molar-refractivity contribution is 0.0704. The number of likely N-dealkylation sites (N-methyl/N-ethyl adjacent to an activating group) is 1. The number of fused-ring (bicyclic) bond motifs is 1. The predicted molar refractivity (Wildman–Crippen MR) is 81.0 cm³/mol. The van der Waals surface area contributed by atoms with Crippen LogP contribution in [0.5, 0.6) is 0 Å². The van der Waals surface area contributed by atoms with Crippen LogP contribution in [0.25, 0.3) is 0 Å². The molecule has 1 aliphatic heterocycles. The largest absolute Gasteiger partial charge is 0.338 e. The third-order valence-electron chi connectivity index (χ3n) is 4.43. The van der Waals surface area contributed by atoms with Gasteiger partial charge in [-0.1, -0.05) is 48.5 Å². The first-order chi connectivity index (χ1) is 9.61. The number of amides is 1. The van der Waals surface area contributed by atoms with E-state index in [2.05, 4.69) is 43.3 Å². The summed E-state index contributed by atoms with van der Waals surface area (Å²) in [5.74, 6) is 0.381. The molecule has 0 fully saturated rings. The highest BCUT2D eigenvalue weighted by Crippen LogP contribution is 2.38. The van der Waals surface area contributed by atoms with Gasteiger partial charge in [-0.15, -0.1) is 0 Å². The standard InChI is InChI=1S/C18H19NO/c1-12-8-7-11-15-16(12)18(20)19(3)13(2)17(15)14-9-5-4-6-10-14/h4-11,13,17H,1-3H3/t13-,17+/m0/s1. The summed E-state index contributed by atoms with van der Waals surface area (Å²) in [4.78, 5) is 14.4. The van der Waals surface area contributed by atoms with E-state index in [1.807, 2.05) is 31.0 Å². The average Bonchev–Trinajstić information content (AvgIpc) is 2.46. The third kappa shape index (κ3) is 1.83. The summed E-state index contributed by atoms with van der Waals surface area (Å²) >= 11 is 0. The van der Waals surface area contributed by atoms with Crippen LogP contribution in [0.4, 0.5) is 0 Å². The Balaban J connectivity index is 2.23. The normalized spacial score (nSPS) is 21.8. The molecule has 1 amide bonds. The summed E-state index contributed by atoms with van der Waals surface area (Å²) in [5, 5.41) is 0. The number of benzene rings is 2. The van der Waals surface area contributed by atoms with E-state index in [1.165, 1.54) is 5.56 Å². The number of aryl methyl sites for hydroxylation is 1. The van der Waals surface area contributed by atoms with E-state index >= 15 is 0 Å². The Morgan fingerprint density at radius 1 is 1.00 bits per heavy atom. The number of carbonyl (C=O) groups is 1. The lowest BCUT2D eigenvalue weighted by atomic mass is 9.78. The fourth-order valence-electron chi connectivity index (χ4n) is 3.20. The summed E-state index contributed by atoms with van der Waals surface area (Å²) in [5.41, 5.74) is 4.37. The Morgan fingerprint density at radius 2 is 1.70 bits per heavy atom. The second-order valence-electron chi connectivity index (χ2n) is 5.58. The molecule has 3 rings (SSSR count). The number of rotatable bonds is 1. The van der Waals surface area contributed by atoms with Gasteiger partial charge in [0.25, 0.3) is 5.91 Å². The topological polar surface area (TPSA) is 20.3 Å². The monoisotopic (exact) mass is 265 g/mol. The molecule has 2 heteroatoms. The van der Waals surface area contributed by atoms with Crippen molar-refractivity contribution in [3.63, 3.8) is 0 Å². The van der Waals surface area contributed by atoms with E-state index < -0.39 is 0 Å². The molecule has 102 valence electrons. The Kier molecular flexibility index (Phi) is 3.09. The van der Waals surface area contributed by atoms with Crippen LogP contribution in [0.15, 0.2) is 48.5 Å². The maximum absolute atomic E-state index is 12.6. The van der Waals surface area contributed by atoms with Crippen molar-refractivity contribution in [3.8, 4) is 0 Å². The van der Waals surface area contributed by atoms with E-state index in [4.69, 9.17) is 0 Å². The van der Waals surface area contributed by atoms with Crippen LogP contribution >= 0.6 is 0 Å². The molecule has 1 aliphatic rings. The molecule has 0 N–H and O–H groups in total. The van der Waals surface area contributed by atoms with Crippen LogP contribution in [0.3, 0.4) is 0 Å². The minimum Gasteiger partial charge on any atom is -0.338 e. The Labute approximate surface area is 120 Å². The SMILES string of the molecule is Cc1cccc2c1C(=O)N(C)[C@@H](C)[C@@H]2c1ccccc1. The van der Waals surface area contributed by atoms with Crippen molar-refractivity contribution >= 4 is 5.91 Å². The molecular formula is C18H19NO. The molecule has 0 unspecified atom stereocenters. The van der Waals surface area contributed by atoms with Gasteiger partial charge in [0.05, 0.1) is 0 Å². The summed E-state index contributed by atoms with van der Waals surface area (Å²) in [6.45, 7) is 4.14. The average molecular weight is 265 g/mol. The molecular weight excluding hydrogens is 246 g/mol. The molecule has 20 heavy (non-hydrogen) atoms. The highest BCUT2D eigenvalue weighted by molar-refractivity contribution is 5.99. The smallest absolute Gasteiger partial charge is 0.254 e. The van der Waals surface area contributed by atoms with Crippen LogP contribution in [-0.2, 0) is 0 Å². The van der Waals surface area contributed by atoms with Crippen LogP contribution in [-0.4, -0.2) is 23.9 Å². The highest BCUT2D eigenvalue weighted by atomic mass is 16.2. The van der Waals surface area contributed by atoms with E-state index in [0.29, 0.717) is 0 Å². The summed E-state index contributed by atoms with van der Waals surface area (Å²) in [7, 11) is 1.90. The van der Waals surface area contributed by atoms with Gasteiger partial charge in [-0.05, 0) is 30.5 Å². The van der Waals surface area contributed by atoms with Crippen LogP contribution in [0.1, 0.15) is 39.9 Å². The molecule has 0 saturated carbocycles. The maximum atomic E-state index is 12.6. The van der Waals surface area contributed by atoms with Gasteiger partial charge in [-0.3, -0.25) is 4.79 Å². The van der Waals surface area contributed by atoms with Crippen molar-refractivity contribution in [2.24, 2.45) is 0 Å². The second-order valence-corrected chi connectivity index (χ2v) is 5.58. The first kappa shape index (κ1) is 12.9. The number of hydrogen-bond donors (Lipinski definition) is 0. The van der Waals surface area contributed by atoms with Crippen molar-refractivity contribution in [2.75, 3.05) is 7.05 Å². The Hall–Kier alpha value is -2.09. The summed E-state index contributed by atoms with van der Waals surface area (Å²) in [6.07, 6.45) is 0. The fraction of sp³-hybridized carbons (Fsp3) is 0.278. The van der Waals surface area contributed by atoms with E-state index in [1.54, 1.807) is 0 Å². The molecule has 0 radical (unpaired) electrons. The van der Waals surface area contributed by atoms with Gasteiger partial charge in [0.1, 0.15) is 0 Å². The molecule has 2 aromatic rings. The van der Waals surface area contributed by atoms with Crippen molar-refractivity contribution in [1.29, 1.82) is 0 Å². The van der Waals surface area contributed by atoms with Gasteiger partial charge in [0.15, 0.2) is 0 Å². The second kappa shape index (κ2) is 4.78. The minimum atomic E-state index is 0.137. The molecule has 0 aliphatic carbocycles. The minimum absolute atomic E-state index is 0.137. The zero-order chi connectivity index (χ0) is 14.3. The van der Waals surface area contributed by atoms with E-state index in [-0.39, 0.29) is 17.9 Å². The van der Waals surface area contributed by atoms with Gasteiger partial charge in [0.2, 0.25) is 0 Å². The lowest BCUT2D eigenvalue weighted by Crippen LogP contribution is -2.44. The van der Waals surface area contributed by atoms with Gasteiger partial charge < -0.3 is 4.90 Å². The molecule has 0 spiro atoms. The van der Waals surface area contributed by atoms with Crippen molar-refractivity contribution < 1.29 is 4.79 Å². The summed E-state index contributed by atoms with van der Waals surface area (Å²) in [6, 6.07) is 16.8. The van der Waals surface area contributed by atoms with Crippen LogP contribution < -0.4 is 0 Å². The molecule has 2 aromatic carbocycles. The van der Waals surface area contributed by atoms with Gasteiger partial charge in [0, 0.05) is 24.6 Å².